The molecule has 0 aliphatic carbocycles. The van der Waals surface area contributed by atoms with Gasteiger partial charge in [0.15, 0.2) is 11.1 Å². The first kappa shape index (κ1) is 26.3. The van der Waals surface area contributed by atoms with Crippen LogP contribution in [0.4, 0.5) is 18.9 Å². The van der Waals surface area contributed by atoms with Crippen LogP contribution in [0.5, 0.6) is 5.75 Å². The average Bonchev–Trinajstić information content (AvgIpc) is 3.00. The summed E-state index contributed by atoms with van der Waals surface area (Å²) in [6.07, 6.45) is -1.28. The van der Waals surface area contributed by atoms with E-state index >= 15 is 0 Å². The van der Waals surface area contributed by atoms with Crippen molar-refractivity contribution in [1.82, 2.24) is 14.8 Å². The number of alkyl halides is 3. The minimum atomic E-state index is -4.72. The molecule has 7 nitrogen and oxygen atoms in total. The number of guanidine groups is 1. The van der Waals surface area contributed by atoms with Crippen LogP contribution >= 0.6 is 35.7 Å². The summed E-state index contributed by atoms with van der Waals surface area (Å²) in [6, 6.07) is 5.27. The summed E-state index contributed by atoms with van der Waals surface area (Å²) >= 11 is 1.57. The number of aryl methyl sites for hydroxylation is 1. The van der Waals surface area contributed by atoms with Gasteiger partial charge in [-0.05, 0) is 42.9 Å². The van der Waals surface area contributed by atoms with Crippen LogP contribution in [0, 0.1) is 5.92 Å². The maximum absolute atomic E-state index is 12.2. The van der Waals surface area contributed by atoms with Gasteiger partial charge in [0.25, 0.3) is 0 Å². The zero-order valence-electron chi connectivity index (χ0n) is 16.9. The van der Waals surface area contributed by atoms with Crippen molar-refractivity contribution < 1.29 is 17.9 Å². The Morgan fingerprint density at radius 2 is 1.93 bits per heavy atom. The molecular formula is C18H26F3IN6OS. The standard InChI is InChI=1S/C18H25F3N6OS.HI/c1-12(2)11-27-15(25-26-17(27)29-3)5-4-10-23-16(22)24-13-6-8-14(9-7-13)28-18(19,20)21;/h6-9,12H,4-5,10-11H2,1-3H3,(H3,22,23,24);1H. The third-order valence-corrected chi connectivity index (χ3v) is 4.39. The van der Waals surface area contributed by atoms with Crippen LogP contribution in [0.15, 0.2) is 34.4 Å². The summed E-state index contributed by atoms with van der Waals surface area (Å²) in [4.78, 5) is 4.24. The van der Waals surface area contributed by atoms with E-state index < -0.39 is 6.36 Å². The second kappa shape index (κ2) is 12.2. The summed E-state index contributed by atoms with van der Waals surface area (Å²) in [5.74, 6) is 1.29. The molecular weight excluding hydrogens is 532 g/mol. The largest absolute Gasteiger partial charge is 0.573 e. The number of rotatable bonds is 9. The molecule has 0 atom stereocenters. The molecule has 0 amide bonds. The summed E-state index contributed by atoms with van der Waals surface area (Å²) in [5, 5.41) is 12.2. The van der Waals surface area contributed by atoms with Crippen molar-refractivity contribution in [3.05, 3.63) is 30.1 Å². The van der Waals surface area contributed by atoms with Crippen LogP contribution in [0.25, 0.3) is 0 Å². The average molecular weight is 558 g/mol. The number of aromatic nitrogens is 3. The first-order valence-corrected chi connectivity index (χ1v) is 10.3. The van der Waals surface area contributed by atoms with E-state index in [4.69, 9.17) is 5.73 Å². The van der Waals surface area contributed by atoms with Crippen LogP contribution < -0.4 is 15.8 Å². The third-order valence-electron chi connectivity index (χ3n) is 3.72. The Balaban J connectivity index is 0.00000450. The minimum Gasteiger partial charge on any atom is -0.406 e. The molecule has 0 unspecified atom stereocenters. The van der Waals surface area contributed by atoms with Gasteiger partial charge in [0.2, 0.25) is 0 Å². The van der Waals surface area contributed by atoms with Gasteiger partial charge in [-0.25, -0.2) is 0 Å². The summed E-state index contributed by atoms with van der Waals surface area (Å²) in [7, 11) is 0. The van der Waals surface area contributed by atoms with Crippen molar-refractivity contribution in [3.63, 3.8) is 0 Å². The highest BCUT2D eigenvalue weighted by molar-refractivity contribution is 14.0. The molecule has 0 fully saturated rings. The number of ether oxygens (including phenoxy) is 1. The van der Waals surface area contributed by atoms with Gasteiger partial charge in [-0.1, -0.05) is 25.6 Å². The molecule has 0 saturated heterocycles. The molecule has 0 saturated carbocycles. The lowest BCUT2D eigenvalue weighted by molar-refractivity contribution is -0.274. The number of nitrogens with two attached hydrogens (primary N) is 1. The molecule has 1 heterocycles. The van der Waals surface area contributed by atoms with Gasteiger partial charge in [-0.15, -0.1) is 47.3 Å². The van der Waals surface area contributed by atoms with Gasteiger partial charge < -0.3 is 20.4 Å². The Hall–Kier alpha value is -1.70. The summed E-state index contributed by atoms with van der Waals surface area (Å²) < 4.78 is 42.5. The SMILES string of the molecule is CSc1nnc(CCCN=C(N)Nc2ccc(OC(F)(F)F)cc2)n1CC(C)C.I. The van der Waals surface area contributed by atoms with E-state index in [0.29, 0.717) is 18.2 Å². The Morgan fingerprint density at radius 1 is 1.27 bits per heavy atom. The van der Waals surface area contributed by atoms with Crippen molar-refractivity contribution in [1.29, 1.82) is 0 Å². The van der Waals surface area contributed by atoms with Crippen LogP contribution in [-0.2, 0) is 13.0 Å². The quantitative estimate of drug-likeness (QED) is 0.155. The van der Waals surface area contributed by atoms with Crippen LogP contribution in [0.2, 0.25) is 0 Å². The molecule has 1 aromatic carbocycles. The maximum atomic E-state index is 12.2. The lowest BCUT2D eigenvalue weighted by Crippen LogP contribution is -2.23. The van der Waals surface area contributed by atoms with Crippen LogP contribution in [-0.4, -0.2) is 39.9 Å². The Bertz CT molecular complexity index is 811. The Labute approximate surface area is 195 Å². The van der Waals surface area contributed by atoms with E-state index in [9.17, 15) is 13.2 Å². The number of nitrogens with zero attached hydrogens (tertiary/aromatic N) is 4. The highest BCUT2D eigenvalue weighted by atomic mass is 127. The molecule has 0 aliphatic heterocycles. The fourth-order valence-electron chi connectivity index (χ4n) is 2.57. The van der Waals surface area contributed by atoms with Crippen molar-refractivity contribution >= 4 is 47.4 Å². The predicted molar refractivity (Wildman–Crippen MR) is 124 cm³/mol. The minimum absolute atomic E-state index is 0. The topological polar surface area (TPSA) is 90.3 Å². The van der Waals surface area contributed by atoms with Gasteiger partial charge in [-0.2, -0.15) is 0 Å². The predicted octanol–water partition coefficient (Wildman–Crippen LogP) is 4.53. The number of anilines is 1. The second-order valence-corrected chi connectivity index (χ2v) is 7.45. The van der Waals surface area contributed by atoms with E-state index in [2.05, 4.69) is 43.7 Å². The van der Waals surface area contributed by atoms with Crippen LogP contribution in [0.1, 0.15) is 26.1 Å². The number of nitrogens with one attached hydrogen (secondary N) is 1. The molecule has 2 aromatic rings. The Kier molecular flexibility index (Phi) is 10.7. The number of aliphatic imine (C=N–C) groups is 1. The zero-order valence-corrected chi connectivity index (χ0v) is 20.1. The lowest BCUT2D eigenvalue weighted by atomic mass is 10.2. The number of hydrogen-bond donors (Lipinski definition) is 2. The zero-order chi connectivity index (χ0) is 21.4. The van der Waals surface area contributed by atoms with Crippen molar-refractivity contribution in [2.45, 2.75) is 44.8 Å². The van der Waals surface area contributed by atoms with Crippen molar-refractivity contribution in [2.24, 2.45) is 16.6 Å². The molecule has 12 heteroatoms. The normalized spacial score (nSPS) is 12.0. The molecule has 1 aromatic heterocycles. The number of hydrogen-bond acceptors (Lipinski definition) is 5. The number of benzene rings is 1. The smallest absolute Gasteiger partial charge is 0.406 e. The maximum Gasteiger partial charge on any atom is 0.573 e. The summed E-state index contributed by atoms with van der Waals surface area (Å²) in [5.41, 5.74) is 6.35. The van der Waals surface area contributed by atoms with E-state index in [-0.39, 0.29) is 35.7 Å². The molecule has 0 radical (unpaired) electrons. The van der Waals surface area contributed by atoms with Gasteiger partial charge in [0.05, 0.1) is 0 Å². The third kappa shape index (κ3) is 8.98. The van der Waals surface area contributed by atoms with E-state index in [0.717, 1.165) is 30.4 Å². The van der Waals surface area contributed by atoms with Crippen molar-refractivity contribution in [2.75, 3.05) is 18.1 Å². The lowest BCUT2D eigenvalue weighted by Gasteiger charge is -2.11. The fraction of sp³-hybridized carbons (Fsp3) is 0.500. The highest BCUT2D eigenvalue weighted by Gasteiger charge is 2.30. The fourth-order valence-corrected chi connectivity index (χ4v) is 3.09. The van der Waals surface area contributed by atoms with E-state index in [1.54, 1.807) is 11.8 Å². The molecule has 168 valence electrons. The highest BCUT2D eigenvalue weighted by Crippen LogP contribution is 2.23. The van der Waals surface area contributed by atoms with E-state index in [1.165, 1.54) is 24.3 Å². The second-order valence-electron chi connectivity index (χ2n) is 6.68. The van der Waals surface area contributed by atoms with E-state index in [1.807, 2.05) is 6.26 Å². The Morgan fingerprint density at radius 3 is 2.50 bits per heavy atom. The number of halogens is 4. The van der Waals surface area contributed by atoms with Gasteiger partial charge in [0.1, 0.15) is 11.6 Å². The molecule has 0 spiro atoms. The van der Waals surface area contributed by atoms with Crippen molar-refractivity contribution in [3.8, 4) is 5.75 Å². The monoisotopic (exact) mass is 558 g/mol. The summed E-state index contributed by atoms with van der Waals surface area (Å²) in [6.45, 7) is 5.63. The van der Waals surface area contributed by atoms with Crippen LogP contribution in [0.3, 0.4) is 0 Å². The first-order valence-electron chi connectivity index (χ1n) is 9.06. The van der Waals surface area contributed by atoms with Gasteiger partial charge in [-0.3, -0.25) is 4.99 Å². The van der Waals surface area contributed by atoms with Gasteiger partial charge in [0, 0.05) is 25.2 Å². The van der Waals surface area contributed by atoms with Gasteiger partial charge >= 0.3 is 6.36 Å². The molecule has 3 N–H and O–H groups in total. The first-order chi connectivity index (χ1) is 13.7. The molecule has 2 rings (SSSR count). The number of thioether (sulfide) groups is 1. The molecule has 0 aliphatic rings. The molecule has 0 bridgehead atoms. The molecule has 30 heavy (non-hydrogen) atoms.